The molecule has 4 aliphatic carbocycles. The van der Waals surface area contributed by atoms with Crippen molar-refractivity contribution in [2.45, 2.75) is 128 Å². The lowest BCUT2D eigenvalue weighted by Gasteiger charge is -2.62. The fourth-order valence-corrected chi connectivity index (χ4v) is 11.3. The van der Waals surface area contributed by atoms with E-state index in [-0.39, 0.29) is 16.4 Å². The number of ether oxygens (including phenoxy) is 2. The Morgan fingerprint density at radius 2 is 1.57 bits per heavy atom. The smallest absolute Gasteiger partial charge is 0.250 e. The predicted molar refractivity (Wildman–Crippen MR) is 173 cm³/mol. The highest BCUT2D eigenvalue weighted by Gasteiger charge is 2.64. The Bertz CT molecular complexity index is 1190. The number of rotatable bonds is 5. The molecule has 0 unspecified atom stereocenters. The summed E-state index contributed by atoms with van der Waals surface area (Å²) in [5.74, 6) is 3.87. The second kappa shape index (κ2) is 10.2. The zero-order valence-electron chi connectivity index (χ0n) is 27.7. The van der Waals surface area contributed by atoms with Crippen LogP contribution in [0.4, 0.5) is 0 Å². The highest BCUT2D eigenvalue weighted by molar-refractivity contribution is 6.74. The molecule has 1 spiro atoms. The van der Waals surface area contributed by atoms with Crippen molar-refractivity contribution in [1.82, 2.24) is 0 Å². The largest absolute Gasteiger partial charge is 0.547 e. The van der Waals surface area contributed by atoms with E-state index in [4.69, 9.17) is 18.3 Å². The van der Waals surface area contributed by atoms with Gasteiger partial charge in [0, 0.05) is 18.3 Å². The average Bonchev–Trinajstić information content (AvgIpc) is 3.45. The van der Waals surface area contributed by atoms with E-state index < -0.39 is 28.0 Å². The minimum atomic E-state index is -1.92. The molecule has 4 fully saturated rings. The van der Waals surface area contributed by atoms with Crippen molar-refractivity contribution in [3.63, 3.8) is 0 Å². The first-order valence-electron chi connectivity index (χ1n) is 16.6. The molecule has 1 N–H and O–H groups in total. The van der Waals surface area contributed by atoms with Gasteiger partial charge in [-0.2, -0.15) is 0 Å². The fraction of sp³-hybridized carbons (Fsp3) is 0.771. The van der Waals surface area contributed by atoms with E-state index in [2.05, 4.69) is 90.8 Å². The van der Waals surface area contributed by atoms with Crippen LogP contribution in [0.5, 0.6) is 5.75 Å². The summed E-state index contributed by atoms with van der Waals surface area (Å²) in [5, 5.41) is 12.5. The van der Waals surface area contributed by atoms with Crippen LogP contribution < -0.4 is 4.43 Å². The van der Waals surface area contributed by atoms with E-state index in [1.54, 1.807) is 0 Å². The Morgan fingerprint density at radius 1 is 0.905 bits per heavy atom. The van der Waals surface area contributed by atoms with Gasteiger partial charge in [0.05, 0.1) is 24.6 Å². The molecule has 6 rings (SSSR count). The van der Waals surface area contributed by atoms with Gasteiger partial charge >= 0.3 is 0 Å². The van der Waals surface area contributed by atoms with Gasteiger partial charge in [0.2, 0.25) is 16.6 Å². The Morgan fingerprint density at radius 3 is 2.19 bits per heavy atom. The van der Waals surface area contributed by atoms with Crippen molar-refractivity contribution in [1.29, 1.82) is 0 Å². The highest BCUT2D eigenvalue weighted by atomic mass is 28.4. The number of hydrogen-bond donors (Lipinski definition) is 1. The fourth-order valence-electron chi connectivity index (χ4n) is 9.31. The normalized spacial score (nSPS) is 38.0. The molecule has 0 aromatic heterocycles. The van der Waals surface area contributed by atoms with Crippen LogP contribution in [0.2, 0.25) is 37.8 Å². The zero-order chi connectivity index (χ0) is 30.3. The summed E-state index contributed by atoms with van der Waals surface area (Å²) in [6.07, 6.45) is 8.99. The Hall–Kier alpha value is -1.13. The molecule has 42 heavy (non-hydrogen) atoms. The summed E-state index contributed by atoms with van der Waals surface area (Å²) < 4.78 is 25.8. The topological polar surface area (TPSA) is 57.2 Å². The first-order valence-corrected chi connectivity index (χ1v) is 23.0. The van der Waals surface area contributed by atoms with Crippen LogP contribution >= 0.6 is 0 Å². The van der Waals surface area contributed by atoms with Crippen LogP contribution in [0.3, 0.4) is 0 Å². The van der Waals surface area contributed by atoms with Gasteiger partial charge in [-0.05, 0) is 123 Å². The summed E-state index contributed by atoms with van der Waals surface area (Å²) in [6, 6.07) is 9.11. The van der Waals surface area contributed by atoms with E-state index in [9.17, 15) is 5.11 Å². The number of allylic oxidation sites excluding steroid dienone is 2. The molecule has 7 atom stereocenters. The third-order valence-corrected chi connectivity index (χ3v) is 17.4. The molecule has 5 nitrogen and oxygen atoms in total. The lowest BCUT2D eigenvalue weighted by atomic mass is 9.45. The molecule has 1 aromatic rings. The first-order chi connectivity index (χ1) is 19.5. The number of fused-ring (bicyclic) bond motifs is 5. The summed E-state index contributed by atoms with van der Waals surface area (Å²) in [7, 11) is -3.66. The lowest BCUT2D eigenvalue weighted by Crippen LogP contribution is -2.61. The SMILES string of the molecule is CC(C)(C)[Si](C)(C)Oc1ccc([C@H]2C[C@]3(C)C(O[Si](C)(C)C)=CC[C@H]3[C@@H]3CC[C@@]4(O)CC5(CC[C@@H]4[C@H]32)OCCO5)cc1. The first kappa shape index (κ1) is 30.9. The van der Waals surface area contributed by atoms with Crippen molar-refractivity contribution in [3.05, 3.63) is 41.7 Å². The molecule has 1 heterocycles. The van der Waals surface area contributed by atoms with Crippen LogP contribution in [0, 0.1) is 29.1 Å². The van der Waals surface area contributed by atoms with Gasteiger partial charge < -0.3 is 23.4 Å². The maximum absolute atomic E-state index is 12.4. The standard InChI is InChI=1S/C35H56O5Si2/c1-32(2,3)42(8,9)39-25-12-10-24(11-13-25)27-22-33(4)28(14-15-30(33)40-41(5,6)7)26-16-18-34(36)23-35(37-20-21-38-35)19-17-29(34)31(26)27/h10-13,15,26-29,31,36H,14,16-23H2,1-9H3/t26-,27+,28-,29+,31+,33-,34+/m0/s1. The molecule has 0 bridgehead atoms. The van der Waals surface area contributed by atoms with Gasteiger partial charge in [-0.15, -0.1) is 0 Å². The predicted octanol–water partition coefficient (Wildman–Crippen LogP) is 8.62. The molecular formula is C35H56O5Si2. The summed E-state index contributed by atoms with van der Waals surface area (Å²) in [6.45, 7) is 22.2. The number of benzene rings is 1. The van der Waals surface area contributed by atoms with Gasteiger partial charge in [-0.3, -0.25) is 0 Å². The maximum Gasteiger partial charge on any atom is 0.250 e. The Labute approximate surface area is 257 Å². The second-order valence-electron chi connectivity index (χ2n) is 17.1. The van der Waals surface area contributed by atoms with Crippen molar-refractivity contribution in [3.8, 4) is 5.75 Å². The minimum Gasteiger partial charge on any atom is -0.547 e. The third kappa shape index (κ3) is 5.27. The van der Waals surface area contributed by atoms with Crippen LogP contribution in [0.1, 0.15) is 84.1 Å². The van der Waals surface area contributed by atoms with E-state index in [1.807, 2.05) is 0 Å². The van der Waals surface area contributed by atoms with Gasteiger partial charge in [-0.1, -0.05) is 39.8 Å². The monoisotopic (exact) mass is 612 g/mol. The Kier molecular flexibility index (Phi) is 7.50. The minimum absolute atomic E-state index is 0.0332. The van der Waals surface area contributed by atoms with E-state index in [0.717, 1.165) is 44.3 Å². The second-order valence-corrected chi connectivity index (χ2v) is 26.3. The summed E-state index contributed by atoms with van der Waals surface area (Å²) >= 11 is 0. The average molecular weight is 613 g/mol. The van der Waals surface area contributed by atoms with Gasteiger partial charge in [0.15, 0.2) is 5.79 Å². The van der Waals surface area contributed by atoms with Gasteiger partial charge in [-0.25, -0.2) is 0 Å². The number of hydrogen-bond acceptors (Lipinski definition) is 5. The molecule has 0 radical (unpaired) electrons. The van der Waals surface area contributed by atoms with E-state index in [0.29, 0.717) is 43.3 Å². The van der Waals surface area contributed by atoms with Gasteiger partial charge in [0.1, 0.15) is 5.75 Å². The number of aliphatic hydroxyl groups is 1. The molecule has 3 saturated carbocycles. The third-order valence-electron chi connectivity index (χ3n) is 12.3. The molecule has 7 heteroatoms. The lowest BCUT2D eigenvalue weighted by molar-refractivity contribution is -0.257. The Balaban J connectivity index is 1.35. The molecule has 234 valence electrons. The van der Waals surface area contributed by atoms with Crippen molar-refractivity contribution in [2.75, 3.05) is 13.2 Å². The molecule has 1 saturated heterocycles. The quantitative estimate of drug-likeness (QED) is 0.337. The van der Waals surface area contributed by atoms with Crippen molar-refractivity contribution >= 4 is 16.6 Å². The van der Waals surface area contributed by atoms with Crippen molar-refractivity contribution < 1.29 is 23.4 Å². The molecule has 0 amide bonds. The van der Waals surface area contributed by atoms with Crippen LogP contribution in [0.15, 0.2) is 36.1 Å². The summed E-state index contributed by atoms with van der Waals surface area (Å²) in [4.78, 5) is 0. The molecule has 1 aliphatic heterocycles. The van der Waals surface area contributed by atoms with Crippen LogP contribution in [0.25, 0.3) is 0 Å². The van der Waals surface area contributed by atoms with E-state index in [1.165, 1.54) is 11.3 Å². The zero-order valence-corrected chi connectivity index (χ0v) is 29.7. The maximum atomic E-state index is 12.4. The molecule has 5 aliphatic rings. The molecule has 1 aromatic carbocycles. The van der Waals surface area contributed by atoms with Crippen molar-refractivity contribution in [2.24, 2.45) is 29.1 Å². The van der Waals surface area contributed by atoms with E-state index >= 15 is 0 Å². The molecular weight excluding hydrogens is 557 g/mol. The van der Waals surface area contributed by atoms with Crippen LogP contribution in [-0.4, -0.2) is 46.3 Å². The van der Waals surface area contributed by atoms with Crippen LogP contribution in [-0.2, 0) is 13.9 Å². The summed E-state index contributed by atoms with van der Waals surface area (Å²) in [5.41, 5.74) is 0.695. The van der Waals surface area contributed by atoms with Gasteiger partial charge in [0.25, 0.3) is 0 Å². The highest BCUT2D eigenvalue weighted by Crippen LogP contribution is 2.68.